The predicted octanol–water partition coefficient (Wildman–Crippen LogP) is 2.89. The number of ether oxygens (including phenoxy) is 2. The van der Waals surface area contributed by atoms with Gasteiger partial charge < -0.3 is 14.0 Å². The highest BCUT2D eigenvalue weighted by Gasteiger charge is 2.08. The molecule has 6 heteroatoms. The van der Waals surface area contributed by atoms with Gasteiger partial charge in [0.25, 0.3) is 0 Å². The second-order valence-corrected chi connectivity index (χ2v) is 5.87. The molecule has 0 bridgehead atoms. The molecule has 6 nitrogen and oxygen atoms in total. The Kier molecular flexibility index (Phi) is 5.22. The van der Waals surface area contributed by atoms with Gasteiger partial charge in [-0.25, -0.2) is 5.43 Å². The number of nitrogens with zero attached hydrogens (tertiary/aromatic N) is 2. The standard InChI is InChI=1S/C20H21N3O3/c1-23-13-15(16-6-4-5-7-17(16)23)12-21-22-20(24)11-14-8-9-18(25-2)19(10-14)26-3/h4-10,12-13H,11H2,1-3H3,(H,22,24). The monoisotopic (exact) mass is 351 g/mol. The third-order valence-electron chi connectivity index (χ3n) is 4.13. The number of hydrogen-bond acceptors (Lipinski definition) is 4. The molecule has 1 aromatic heterocycles. The molecule has 0 spiro atoms. The van der Waals surface area contributed by atoms with Gasteiger partial charge in [-0.2, -0.15) is 5.10 Å². The summed E-state index contributed by atoms with van der Waals surface area (Å²) in [5.41, 5.74) is 5.46. The van der Waals surface area contributed by atoms with Gasteiger partial charge in [-0.1, -0.05) is 24.3 Å². The summed E-state index contributed by atoms with van der Waals surface area (Å²) < 4.78 is 12.5. The molecule has 1 N–H and O–H groups in total. The number of fused-ring (bicyclic) bond motifs is 1. The number of hydrogen-bond donors (Lipinski definition) is 1. The van der Waals surface area contributed by atoms with E-state index < -0.39 is 0 Å². The highest BCUT2D eigenvalue weighted by Crippen LogP contribution is 2.27. The Hall–Kier alpha value is -3.28. The van der Waals surface area contributed by atoms with E-state index in [1.807, 2.05) is 48.1 Å². The number of hydrazone groups is 1. The summed E-state index contributed by atoms with van der Waals surface area (Å²) in [5, 5.41) is 5.17. The number of methoxy groups -OCH3 is 2. The maximum atomic E-state index is 12.1. The Morgan fingerprint density at radius 2 is 1.92 bits per heavy atom. The molecular formula is C20H21N3O3. The smallest absolute Gasteiger partial charge is 0.244 e. The van der Waals surface area contributed by atoms with E-state index in [0.29, 0.717) is 11.5 Å². The van der Waals surface area contributed by atoms with Gasteiger partial charge in [-0.3, -0.25) is 4.79 Å². The molecule has 0 saturated heterocycles. The molecule has 0 fully saturated rings. The molecule has 2 aromatic carbocycles. The lowest BCUT2D eigenvalue weighted by Crippen LogP contribution is -2.19. The Morgan fingerprint density at radius 3 is 2.69 bits per heavy atom. The molecule has 0 radical (unpaired) electrons. The van der Waals surface area contributed by atoms with E-state index in [-0.39, 0.29) is 12.3 Å². The first-order valence-electron chi connectivity index (χ1n) is 8.19. The van der Waals surface area contributed by atoms with Crippen molar-refractivity contribution in [2.24, 2.45) is 12.1 Å². The lowest BCUT2D eigenvalue weighted by Gasteiger charge is -2.09. The molecule has 1 amide bonds. The quantitative estimate of drug-likeness (QED) is 0.549. The summed E-state index contributed by atoms with van der Waals surface area (Å²) >= 11 is 0. The van der Waals surface area contributed by atoms with Crippen molar-refractivity contribution in [2.75, 3.05) is 14.2 Å². The molecule has 0 aliphatic rings. The molecule has 0 atom stereocenters. The van der Waals surface area contributed by atoms with Crippen LogP contribution in [0.15, 0.2) is 53.8 Å². The fourth-order valence-corrected chi connectivity index (χ4v) is 2.87. The zero-order valence-corrected chi connectivity index (χ0v) is 15.0. The molecular weight excluding hydrogens is 330 g/mol. The average Bonchev–Trinajstić information content (AvgIpc) is 2.98. The van der Waals surface area contributed by atoms with E-state index in [2.05, 4.69) is 10.5 Å². The molecule has 0 unspecified atom stereocenters. The minimum Gasteiger partial charge on any atom is -0.493 e. The SMILES string of the molecule is COc1ccc(CC(=O)NN=Cc2cn(C)c3ccccc23)cc1OC. The third-order valence-corrected chi connectivity index (χ3v) is 4.13. The number of nitrogens with one attached hydrogen (secondary N) is 1. The van der Waals surface area contributed by atoms with Crippen molar-refractivity contribution in [3.63, 3.8) is 0 Å². The van der Waals surface area contributed by atoms with Crippen molar-refractivity contribution in [1.82, 2.24) is 9.99 Å². The van der Waals surface area contributed by atoms with Crippen molar-refractivity contribution in [1.29, 1.82) is 0 Å². The van der Waals surface area contributed by atoms with Gasteiger partial charge in [0.15, 0.2) is 11.5 Å². The second kappa shape index (κ2) is 7.74. The lowest BCUT2D eigenvalue weighted by atomic mass is 10.1. The van der Waals surface area contributed by atoms with Gasteiger partial charge in [0.2, 0.25) is 5.91 Å². The van der Waals surface area contributed by atoms with Crippen LogP contribution < -0.4 is 14.9 Å². The minimum atomic E-state index is -0.200. The molecule has 0 aliphatic heterocycles. The summed E-state index contributed by atoms with van der Waals surface area (Å²) in [4.78, 5) is 12.1. The maximum absolute atomic E-state index is 12.1. The zero-order chi connectivity index (χ0) is 18.5. The van der Waals surface area contributed by atoms with E-state index in [4.69, 9.17) is 9.47 Å². The molecule has 1 heterocycles. The van der Waals surface area contributed by atoms with Gasteiger partial charge in [-0.15, -0.1) is 0 Å². The number of carbonyl (C=O) groups excluding carboxylic acids is 1. The normalized spacial score (nSPS) is 11.0. The topological polar surface area (TPSA) is 64.8 Å². The van der Waals surface area contributed by atoms with Crippen LogP contribution in [0.3, 0.4) is 0 Å². The second-order valence-electron chi connectivity index (χ2n) is 5.87. The number of aryl methyl sites for hydroxylation is 1. The van der Waals surface area contributed by atoms with Crippen molar-refractivity contribution >= 4 is 23.0 Å². The van der Waals surface area contributed by atoms with Crippen molar-refractivity contribution in [3.8, 4) is 11.5 Å². The number of rotatable bonds is 6. The van der Waals surface area contributed by atoms with E-state index in [0.717, 1.165) is 22.0 Å². The van der Waals surface area contributed by atoms with Crippen molar-refractivity contribution < 1.29 is 14.3 Å². The zero-order valence-electron chi connectivity index (χ0n) is 15.0. The summed E-state index contributed by atoms with van der Waals surface area (Å²) in [7, 11) is 5.12. The Labute approximate surface area is 152 Å². The van der Waals surface area contributed by atoms with Crippen LogP contribution in [0.5, 0.6) is 11.5 Å². The van der Waals surface area contributed by atoms with E-state index in [1.54, 1.807) is 32.6 Å². The van der Waals surface area contributed by atoms with Crippen LogP contribution >= 0.6 is 0 Å². The van der Waals surface area contributed by atoms with Crippen LogP contribution in [0.1, 0.15) is 11.1 Å². The number of carbonyl (C=O) groups is 1. The molecule has 0 aliphatic carbocycles. The number of aromatic nitrogens is 1. The maximum Gasteiger partial charge on any atom is 0.244 e. The molecule has 0 saturated carbocycles. The molecule has 134 valence electrons. The van der Waals surface area contributed by atoms with Gasteiger partial charge in [0.05, 0.1) is 26.9 Å². The van der Waals surface area contributed by atoms with Crippen molar-refractivity contribution in [2.45, 2.75) is 6.42 Å². The summed E-state index contributed by atoms with van der Waals surface area (Å²) in [6.07, 6.45) is 3.84. The highest BCUT2D eigenvalue weighted by molar-refractivity contribution is 5.99. The Morgan fingerprint density at radius 1 is 1.15 bits per heavy atom. The highest BCUT2D eigenvalue weighted by atomic mass is 16.5. The Balaban J connectivity index is 1.66. The fraction of sp³-hybridized carbons (Fsp3) is 0.200. The van der Waals surface area contributed by atoms with Crippen LogP contribution in [0, 0.1) is 0 Å². The predicted molar refractivity (Wildman–Crippen MR) is 102 cm³/mol. The molecule has 3 aromatic rings. The first-order valence-corrected chi connectivity index (χ1v) is 8.19. The molecule has 26 heavy (non-hydrogen) atoms. The fourth-order valence-electron chi connectivity index (χ4n) is 2.87. The number of benzene rings is 2. The van der Waals surface area contributed by atoms with Crippen LogP contribution in [-0.2, 0) is 18.3 Å². The molecule has 3 rings (SSSR count). The largest absolute Gasteiger partial charge is 0.493 e. The average molecular weight is 351 g/mol. The van der Waals surface area contributed by atoms with E-state index >= 15 is 0 Å². The van der Waals surface area contributed by atoms with Crippen molar-refractivity contribution in [3.05, 3.63) is 59.8 Å². The van der Waals surface area contributed by atoms with Crippen LogP contribution in [0.2, 0.25) is 0 Å². The summed E-state index contributed by atoms with van der Waals surface area (Å²) in [5.74, 6) is 1.02. The van der Waals surface area contributed by atoms with E-state index in [9.17, 15) is 4.79 Å². The van der Waals surface area contributed by atoms with Crippen LogP contribution in [0.4, 0.5) is 0 Å². The number of para-hydroxylation sites is 1. The van der Waals surface area contributed by atoms with Gasteiger partial charge in [-0.05, 0) is 23.8 Å². The van der Waals surface area contributed by atoms with Gasteiger partial charge in [0, 0.05) is 29.7 Å². The van der Waals surface area contributed by atoms with Gasteiger partial charge in [0.1, 0.15) is 0 Å². The Bertz CT molecular complexity index is 960. The van der Waals surface area contributed by atoms with Gasteiger partial charge >= 0.3 is 0 Å². The van der Waals surface area contributed by atoms with E-state index in [1.165, 1.54) is 0 Å². The lowest BCUT2D eigenvalue weighted by molar-refractivity contribution is -0.120. The first-order chi connectivity index (χ1) is 12.6. The third kappa shape index (κ3) is 3.69. The minimum absolute atomic E-state index is 0.200. The first kappa shape index (κ1) is 17.5. The summed E-state index contributed by atoms with van der Waals surface area (Å²) in [6, 6.07) is 13.4. The number of amides is 1. The van der Waals surface area contributed by atoms with Crippen LogP contribution in [0.25, 0.3) is 10.9 Å². The van der Waals surface area contributed by atoms with Crippen LogP contribution in [-0.4, -0.2) is 30.9 Å². The summed E-state index contributed by atoms with van der Waals surface area (Å²) in [6.45, 7) is 0.